The Balaban J connectivity index is 1.79. The minimum atomic E-state index is -0.275. The van der Waals surface area contributed by atoms with Crippen LogP contribution in [-0.2, 0) is 4.79 Å². The number of aliphatic hydroxyl groups excluding tert-OH is 1. The molecule has 2 N–H and O–H groups in total. The quantitative estimate of drug-likeness (QED) is 0.807. The van der Waals surface area contributed by atoms with Gasteiger partial charge in [0.15, 0.2) is 0 Å². The molecule has 1 fully saturated rings. The van der Waals surface area contributed by atoms with Crippen molar-refractivity contribution in [1.29, 1.82) is 0 Å². The molecule has 0 radical (unpaired) electrons. The van der Waals surface area contributed by atoms with Crippen molar-refractivity contribution >= 4 is 11.6 Å². The molecule has 0 atom stereocenters. The number of carbonyl (C=O) groups excluding carboxylic acids is 1. The molecule has 0 bridgehead atoms. The molecule has 0 spiro atoms. The van der Waals surface area contributed by atoms with E-state index in [-0.39, 0.29) is 12.0 Å². The summed E-state index contributed by atoms with van der Waals surface area (Å²) in [4.78, 5) is 13.6. The van der Waals surface area contributed by atoms with Crippen LogP contribution in [0.2, 0.25) is 0 Å². The molecule has 1 aliphatic rings. The van der Waals surface area contributed by atoms with E-state index in [1.54, 1.807) is 0 Å². The van der Waals surface area contributed by atoms with Crippen LogP contribution < -0.4 is 10.1 Å². The Morgan fingerprint density at radius 3 is 2.67 bits per heavy atom. The summed E-state index contributed by atoms with van der Waals surface area (Å²) < 4.78 is 5.32. The van der Waals surface area contributed by atoms with E-state index >= 15 is 0 Å². The van der Waals surface area contributed by atoms with E-state index in [9.17, 15) is 4.79 Å². The van der Waals surface area contributed by atoms with E-state index in [0.29, 0.717) is 26.2 Å². The number of nitrogens with zero attached hydrogens (tertiary/aromatic N) is 1. The number of likely N-dealkylation sites (tertiary alicyclic amines) is 1. The fourth-order valence-corrected chi connectivity index (χ4v) is 1.88. The molecule has 1 heterocycles. The molecule has 1 aromatic carbocycles. The maximum atomic E-state index is 11.7. The maximum Gasteiger partial charge on any atom is 0.238 e. The zero-order valence-electron chi connectivity index (χ0n) is 10.4. The molecule has 1 amide bonds. The normalized spacial score (nSPS) is 16.1. The average Bonchev–Trinajstić information content (AvgIpc) is 2.30. The summed E-state index contributed by atoms with van der Waals surface area (Å²) in [6, 6.07) is 7.28. The fraction of sp³-hybridized carbons (Fsp3) is 0.462. The third-order valence-electron chi connectivity index (χ3n) is 2.75. The number of β-amino-alcohol motifs (C(OH)–C–C–N with tert-alkyl or cyclic N) is 1. The Morgan fingerprint density at radius 1 is 1.44 bits per heavy atom. The van der Waals surface area contributed by atoms with Crippen LogP contribution in [0.1, 0.15) is 6.92 Å². The highest BCUT2D eigenvalue weighted by atomic mass is 16.5. The molecule has 1 saturated heterocycles. The fourth-order valence-electron chi connectivity index (χ4n) is 1.88. The zero-order valence-corrected chi connectivity index (χ0v) is 10.4. The van der Waals surface area contributed by atoms with Crippen molar-refractivity contribution in [3.8, 4) is 5.75 Å². The SMILES string of the molecule is CCOc1ccc(NC(=O)CN2CC(O)C2)cc1. The van der Waals surface area contributed by atoms with Crippen LogP contribution >= 0.6 is 0 Å². The van der Waals surface area contributed by atoms with Crippen LogP contribution in [-0.4, -0.2) is 48.3 Å². The first-order chi connectivity index (χ1) is 8.67. The number of anilines is 1. The summed E-state index contributed by atoms with van der Waals surface area (Å²) in [6.07, 6.45) is -0.275. The zero-order chi connectivity index (χ0) is 13.0. The lowest BCUT2D eigenvalue weighted by Gasteiger charge is -2.34. The van der Waals surface area contributed by atoms with Crippen LogP contribution in [0.25, 0.3) is 0 Å². The summed E-state index contributed by atoms with van der Waals surface area (Å²) in [5.41, 5.74) is 0.754. The van der Waals surface area contributed by atoms with Crippen molar-refractivity contribution in [3.05, 3.63) is 24.3 Å². The summed E-state index contributed by atoms with van der Waals surface area (Å²) >= 11 is 0. The van der Waals surface area contributed by atoms with E-state index in [4.69, 9.17) is 9.84 Å². The van der Waals surface area contributed by atoms with Crippen molar-refractivity contribution in [1.82, 2.24) is 4.90 Å². The molecule has 98 valence electrons. The Bertz CT molecular complexity index is 399. The third-order valence-corrected chi connectivity index (χ3v) is 2.75. The minimum absolute atomic E-state index is 0.0638. The van der Waals surface area contributed by atoms with Crippen molar-refractivity contribution in [2.45, 2.75) is 13.0 Å². The first-order valence-corrected chi connectivity index (χ1v) is 6.10. The van der Waals surface area contributed by atoms with Crippen molar-refractivity contribution < 1.29 is 14.6 Å². The highest BCUT2D eigenvalue weighted by molar-refractivity contribution is 5.92. The van der Waals surface area contributed by atoms with Gasteiger partial charge in [-0.1, -0.05) is 0 Å². The highest BCUT2D eigenvalue weighted by Gasteiger charge is 2.25. The largest absolute Gasteiger partial charge is 0.494 e. The number of hydrogen-bond donors (Lipinski definition) is 2. The second-order valence-corrected chi connectivity index (χ2v) is 4.35. The lowest BCUT2D eigenvalue weighted by molar-refractivity contribution is -0.119. The van der Waals surface area contributed by atoms with Gasteiger partial charge in [-0.3, -0.25) is 9.69 Å². The number of benzene rings is 1. The standard InChI is InChI=1S/C13H18N2O3/c1-2-18-12-5-3-10(4-6-12)14-13(17)9-15-7-11(16)8-15/h3-6,11,16H,2,7-9H2,1H3,(H,14,17). The number of aliphatic hydroxyl groups is 1. The molecule has 0 aliphatic carbocycles. The Labute approximate surface area is 106 Å². The Morgan fingerprint density at radius 2 is 2.11 bits per heavy atom. The number of nitrogens with one attached hydrogen (secondary N) is 1. The smallest absolute Gasteiger partial charge is 0.238 e. The van der Waals surface area contributed by atoms with Crippen molar-refractivity contribution in [3.63, 3.8) is 0 Å². The molecule has 5 nitrogen and oxygen atoms in total. The molecular formula is C13H18N2O3. The number of rotatable bonds is 5. The molecule has 1 aliphatic heterocycles. The van der Waals surface area contributed by atoms with Crippen LogP contribution in [0.15, 0.2) is 24.3 Å². The van der Waals surface area contributed by atoms with Crippen LogP contribution in [0.5, 0.6) is 5.75 Å². The maximum absolute atomic E-state index is 11.7. The minimum Gasteiger partial charge on any atom is -0.494 e. The summed E-state index contributed by atoms with van der Waals surface area (Å²) in [5, 5.41) is 11.9. The van der Waals surface area contributed by atoms with Gasteiger partial charge in [0.25, 0.3) is 0 Å². The second-order valence-electron chi connectivity index (χ2n) is 4.35. The summed E-state index contributed by atoms with van der Waals surface area (Å²) in [5.74, 6) is 0.729. The molecule has 18 heavy (non-hydrogen) atoms. The Kier molecular flexibility index (Phi) is 4.17. The Hall–Kier alpha value is -1.59. The molecule has 5 heteroatoms. The second kappa shape index (κ2) is 5.84. The van der Waals surface area contributed by atoms with E-state index < -0.39 is 0 Å². The molecule has 2 rings (SSSR count). The number of ether oxygens (including phenoxy) is 1. The highest BCUT2D eigenvalue weighted by Crippen LogP contribution is 2.15. The van der Waals surface area contributed by atoms with Gasteiger partial charge in [0.1, 0.15) is 5.75 Å². The molecule has 0 unspecified atom stereocenters. The molecule has 1 aromatic rings. The monoisotopic (exact) mass is 250 g/mol. The summed E-state index contributed by atoms with van der Waals surface area (Å²) in [7, 11) is 0. The van der Waals surface area contributed by atoms with Gasteiger partial charge in [-0.25, -0.2) is 0 Å². The van der Waals surface area contributed by atoms with E-state index in [1.165, 1.54) is 0 Å². The predicted octanol–water partition coefficient (Wildman–Crippen LogP) is 0.700. The predicted molar refractivity (Wildman–Crippen MR) is 68.7 cm³/mol. The lowest BCUT2D eigenvalue weighted by Crippen LogP contribution is -2.53. The van der Waals surface area contributed by atoms with E-state index in [0.717, 1.165) is 11.4 Å². The van der Waals surface area contributed by atoms with Gasteiger partial charge >= 0.3 is 0 Å². The van der Waals surface area contributed by atoms with Gasteiger partial charge in [0, 0.05) is 18.8 Å². The molecule has 0 saturated carbocycles. The van der Waals surface area contributed by atoms with Crippen LogP contribution in [0, 0.1) is 0 Å². The number of hydrogen-bond acceptors (Lipinski definition) is 4. The number of amides is 1. The molecular weight excluding hydrogens is 232 g/mol. The molecule has 0 aromatic heterocycles. The van der Waals surface area contributed by atoms with E-state index in [1.807, 2.05) is 36.1 Å². The van der Waals surface area contributed by atoms with Gasteiger partial charge in [0.2, 0.25) is 5.91 Å². The van der Waals surface area contributed by atoms with Crippen LogP contribution in [0.4, 0.5) is 5.69 Å². The first kappa shape index (κ1) is 12.9. The van der Waals surface area contributed by atoms with Gasteiger partial charge in [-0.05, 0) is 31.2 Å². The summed E-state index contributed by atoms with van der Waals surface area (Å²) in [6.45, 7) is 4.04. The lowest BCUT2D eigenvalue weighted by atomic mass is 10.2. The third kappa shape index (κ3) is 3.45. The van der Waals surface area contributed by atoms with Gasteiger partial charge in [-0.2, -0.15) is 0 Å². The number of carbonyl (C=O) groups is 1. The topological polar surface area (TPSA) is 61.8 Å². The van der Waals surface area contributed by atoms with E-state index in [2.05, 4.69) is 5.32 Å². The van der Waals surface area contributed by atoms with Crippen LogP contribution in [0.3, 0.4) is 0 Å². The average molecular weight is 250 g/mol. The van der Waals surface area contributed by atoms with Crippen molar-refractivity contribution in [2.24, 2.45) is 0 Å². The first-order valence-electron chi connectivity index (χ1n) is 6.10. The van der Waals surface area contributed by atoms with Gasteiger partial charge < -0.3 is 15.2 Å². The van der Waals surface area contributed by atoms with Gasteiger partial charge in [-0.15, -0.1) is 0 Å². The van der Waals surface area contributed by atoms with Crippen molar-refractivity contribution in [2.75, 3.05) is 31.6 Å². The van der Waals surface area contributed by atoms with Gasteiger partial charge in [0.05, 0.1) is 19.3 Å².